The standard InChI is InChI=1S/C17H20N6O2/c1-3-22(6-7-25-2)10-11-4-5-14-12(8-11)19-16-15-13(9-18-21-15)20-17(24)23(14)16/h4-5,8-9H,3,6-7,10H2,1-2H3,(H,18,21)(H,20,24). The van der Waals surface area contributed by atoms with Crippen molar-refractivity contribution in [3.05, 3.63) is 40.4 Å². The average Bonchev–Trinajstić information content (AvgIpc) is 3.22. The first kappa shape index (κ1) is 15.8. The van der Waals surface area contributed by atoms with E-state index in [1.165, 1.54) is 0 Å². The Hall–Kier alpha value is -2.71. The second-order valence-electron chi connectivity index (χ2n) is 6.04. The zero-order valence-electron chi connectivity index (χ0n) is 14.2. The summed E-state index contributed by atoms with van der Waals surface area (Å²) in [6.45, 7) is 5.48. The van der Waals surface area contributed by atoms with Crippen molar-refractivity contribution in [2.45, 2.75) is 13.5 Å². The van der Waals surface area contributed by atoms with Crippen molar-refractivity contribution in [2.75, 3.05) is 26.8 Å². The first-order valence-electron chi connectivity index (χ1n) is 8.29. The molecule has 0 atom stereocenters. The van der Waals surface area contributed by atoms with Gasteiger partial charge in [0.2, 0.25) is 0 Å². The van der Waals surface area contributed by atoms with Crippen molar-refractivity contribution in [3.8, 4) is 0 Å². The fourth-order valence-corrected chi connectivity index (χ4v) is 3.15. The van der Waals surface area contributed by atoms with Gasteiger partial charge in [-0.05, 0) is 24.2 Å². The first-order valence-corrected chi connectivity index (χ1v) is 8.29. The third kappa shape index (κ3) is 2.69. The predicted molar refractivity (Wildman–Crippen MR) is 95.8 cm³/mol. The van der Waals surface area contributed by atoms with Crippen molar-refractivity contribution in [1.82, 2.24) is 29.5 Å². The van der Waals surface area contributed by atoms with E-state index in [-0.39, 0.29) is 5.69 Å². The van der Waals surface area contributed by atoms with Crippen LogP contribution in [-0.4, -0.2) is 56.3 Å². The van der Waals surface area contributed by atoms with Crippen LogP contribution < -0.4 is 5.69 Å². The van der Waals surface area contributed by atoms with Crippen molar-refractivity contribution >= 4 is 27.7 Å². The number of methoxy groups -OCH3 is 1. The van der Waals surface area contributed by atoms with Gasteiger partial charge in [0.25, 0.3) is 0 Å². The molecule has 4 aromatic rings. The Kier molecular flexibility index (Phi) is 3.98. The van der Waals surface area contributed by atoms with Crippen LogP contribution in [0, 0.1) is 0 Å². The van der Waals surface area contributed by atoms with E-state index in [0.717, 1.165) is 41.7 Å². The highest BCUT2D eigenvalue weighted by molar-refractivity contribution is 5.93. The van der Waals surface area contributed by atoms with Gasteiger partial charge in [-0.15, -0.1) is 0 Å². The topological polar surface area (TPSA) is 91.3 Å². The Morgan fingerprint density at radius 2 is 2.24 bits per heavy atom. The largest absolute Gasteiger partial charge is 0.383 e. The molecule has 0 saturated heterocycles. The number of aromatic amines is 2. The van der Waals surface area contributed by atoms with Gasteiger partial charge in [0.15, 0.2) is 5.65 Å². The quantitative estimate of drug-likeness (QED) is 0.555. The number of likely N-dealkylation sites (N-methyl/N-ethyl adjacent to an activating group) is 1. The normalized spacial score (nSPS) is 12.1. The number of H-pyrrole nitrogens is 2. The molecule has 1 aromatic carbocycles. The second kappa shape index (κ2) is 6.30. The number of imidazole rings is 1. The molecule has 0 radical (unpaired) electrons. The van der Waals surface area contributed by atoms with E-state index in [4.69, 9.17) is 4.74 Å². The van der Waals surface area contributed by atoms with Gasteiger partial charge in [0.1, 0.15) is 5.52 Å². The Bertz CT molecular complexity index is 1090. The smallest absolute Gasteiger partial charge is 0.332 e. The summed E-state index contributed by atoms with van der Waals surface area (Å²) < 4.78 is 6.75. The van der Waals surface area contributed by atoms with Gasteiger partial charge in [-0.25, -0.2) is 14.2 Å². The molecule has 25 heavy (non-hydrogen) atoms. The lowest BCUT2D eigenvalue weighted by atomic mass is 10.2. The molecule has 0 fully saturated rings. The summed E-state index contributed by atoms with van der Waals surface area (Å²) >= 11 is 0. The van der Waals surface area contributed by atoms with Crippen LogP contribution in [0.5, 0.6) is 0 Å². The SMILES string of the molecule is CCN(CCOC)Cc1ccc2c(c1)nc1c3[nH]ncc3[nH]c(=O)n21. The molecule has 8 heteroatoms. The van der Waals surface area contributed by atoms with E-state index < -0.39 is 0 Å². The number of rotatable bonds is 6. The van der Waals surface area contributed by atoms with Crippen molar-refractivity contribution in [3.63, 3.8) is 0 Å². The van der Waals surface area contributed by atoms with Crippen molar-refractivity contribution in [2.24, 2.45) is 0 Å². The molecule has 0 aliphatic carbocycles. The highest BCUT2D eigenvalue weighted by Crippen LogP contribution is 2.21. The third-order valence-corrected chi connectivity index (χ3v) is 4.49. The molecule has 3 aromatic heterocycles. The van der Waals surface area contributed by atoms with Crippen LogP contribution in [-0.2, 0) is 11.3 Å². The highest BCUT2D eigenvalue weighted by atomic mass is 16.5. The highest BCUT2D eigenvalue weighted by Gasteiger charge is 2.13. The Labute approximate surface area is 143 Å². The summed E-state index contributed by atoms with van der Waals surface area (Å²) in [4.78, 5) is 22.2. The van der Waals surface area contributed by atoms with E-state index in [2.05, 4.69) is 32.0 Å². The molecule has 0 bridgehead atoms. The number of hydrogen-bond acceptors (Lipinski definition) is 5. The second-order valence-corrected chi connectivity index (χ2v) is 6.04. The Balaban J connectivity index is 1.79. The van der Waals surface area contributed by atoms with Gasteiger partial charge >= 0.3 is 5.69 Å². The van der Waals surface area contributed by atoms with Gasteiger partial charge in [-0.3, -0.25) is 10.00 Å². The molecule has 0 saturated carbocycles. The molecular formula is C17H20N6O2. The minimum atomic E-state index is -0.213. The van der Waals surface area contributed by atoms with Crippen molar-refractivity contribution < 1.29 is 4.74 Å². The number of fused-ring (bicyclic) bond motifs is 5. The van der Waals surface area contributed by atoms with E-state index in [1.54, 1.807) is 17.7 Å². The number of hydrogen-bond donors (Lipinski definition) is 2. The van der Waals surface area contributed by atoms with Gasteiger partial charge in [0, 0.05) is 20.2 Å². The van der Waals surface area contributed by atoms with Gasteiger partial charge < -0.3 is 9.72 Å². The van der Waals surface area contributed by atoms with Crippen molar-refractivity contribution in [1.29, 1.82) is 0 Å². The summed E-state index contributed by atoms with van der Waals surface area (Å²) in [5.41, 5.74) is 4.51. The maximum absolute atomic E-state index is 12.4. The van der Waals surface area contributed by atoms with E-state index in [1.807, 2.05) is 18.2 Å². The summed E-state index contributed by atoms with van der Waals surface area (Å²) in [5.74, 6) is 0. The zero-order valence-corrected chi connectivity index (χ0v) is 14.2. The fraction of sp³-hybridized carbons (Fsp3) is 0.353. The first-order chi connectivity index (χ1) is 12.2. The third-order valence-electron chi connectivity index (χ3n) is 4.49. The molecule has 0 unspecified atom stereocenters. The molecule has 0 amide bonds. The molecule has 130 valence electrons. The van der Waals surface area contributed by atoms with Gasteiger partial charge in [-0.1, -0.05) is 13.0 Å². The molecule has 0 spiro atoms. The molecule has 4 rings (SSSR count). The van der Waals surface area contributed by atoms with Crippen LogP contribution in [0.3, 0.4) is 0 Å². The molecule has 0 aliphatic heterocycles. The molecule has 2 N–H and O–H groups in total. The van der Waals surface area contributed by atoms with Gasteiger partial charge in [0.05, 0.1) is 29.4 Å². The summed E-state index contributed by atoms with van der Waals surface area (Å²) in [5, 5.41) is 6.90. The van der Waals surface area contributed by atoms with Crippen LogP contribution in [0.25, 0.3) is 27.7 Å². The van der Waals surface area contributed by atoms with Gasteiger partial charge in [-0.2, -0.15) is 5.10 Å². The van der Waals surface area contributed by atoms with Crippen LogP contribution in [0.4, 0.5) is 0 Å². The minimum absolute atomic E-state index is 0.213. The summed E-state index contributed by atoms with van der Waals surface area (Å²) in [7, 11) is 1.71. The molecular weight excluding hydrogens is 320 g/mol. The predicted octanol–water partition coefficient (Wildman–Crippen LogP) is 1.52. The molecule has 0 aliphatic rings. The lowest BCUT2D eigenvalue weighted by Gasteiger charge is -2.19. The fourth-order valence-electron chi connectivity index (χ4n) is 3.15. The number of benzene rings is 1. The zero-order chi connectivity index (χ0) is 17.4. The molecule has 8 nitrogen and oxygen atoms in total. The lowest BCUT2D eigenvalue weighted by molar-refractivity contribution is 0.147. The Morgan fingerprint density at radius 1 is 1.36 bits per heavy atom. The van der Waals surface area contributed by atoms with E-state index in [0.29, 0.717) is 17.8 Å². The maximum Gasteiger partial charge on any atom is 0.332 e. The lowest BCUT2D eigenvalue weighted by Crippen LogP contribution is -2.26. The van der Waals surface area contributed by atoms with Crippen LogP contribution in [0.2, 0.25) is 0 Å². The number of aromatic nitrogens is 5. The number of ether oxygens (including phenoxy) is 1. The maximum atomic E-state index is 12.4. The minimum Gasteiger partial charge on any atom is -0.383 e. The Morgan fingerprint density at radius 3 is 3.04 bits per heavy atom. The molecule has 3 heterocycles. The summed E-state index contributed by atoms with van der Waals surface area (Å²) in [6, 6.07) is 6.04. The number of nitrogens with one attached hydrogen (secondary N) is 2. The average molecular weight is 340 g/mol. The summed E-state index contributed by atoms with van der Waals surface area (Å²) in [6.07, 6.45) is 1.59. The monoisotopic (exact) mass is 340 g/mol. The number of nitrogens with zero attached hydrogens (tertiary/aromatic N) is 4. The van der Waals surface area contributed by atoms with E-state index in [9.17, 15) is 4.79 Å². The van der Waals surface area contributed by atoms with E-state index >= 15 is 0 Å². The van der Waals surface area contributed by atoms with Crippen LogP contribution in [0.1, 0.15) is 12.5 Å². The van der Waals surface area contributed by atoms with Crippen LogP contribution >= 0.6 is 0 Å². The van der Waals surface area contributed by atoms with Crippen LogP contribution in [0.15, 0.2) is 29.2 Å².